The smallest absolute Gasteiger partial charge is 0.328 e. The number of hydrogen-bond donors (Lipinski definition) is 7. The third-order valence-electron chi connectivity index (χ3n) is 10.4. The number of nitrogens with one attached hydrogen (secondary N) is 6. The van der Waals surface area contributed by atoms with Gasteiger partial charge in [-0.25, -0.2) is 10.2 Å². The van der Waals surface area contributed by atoms with Gasteiger partial charge in [0.2, 0.25) is 35.9 Å². The minimum atomic E-state index is -1.64. The van der Waals surface area contributed by atoms with Gasteiger partial charge in [-0.3, -0.25) is 38.6 Å². The van der Waals surface area contributed by atoms with Crippen LogP contribution >= 0.6 is 0 Å². The third kappa shape index (κ3) is 12.8. The van der Waals surface area contributed by atoms with Crippen molar-refractivity contribution in [2.45, 2.75) is 129 Å². The lowest BCUT2D eigenvalue weighted by Gasteiger charge is -2.40. The molecule has 7 amide bonds. The molecule has 0 spiro atoms. The molecule has 3 rings (SSSR count). The van der Waals surface area contributed by atoms with E-state index in [0.717, 1.165) is 9.91 Å². The highest BCUT2D eigenvalue weighted by Gasteiger charge is 2.43. The number of esters is 1. The van der Waals surface area contributed by atoms with Crippen molar-refractivity contribution in [2.24, 2.45) is 17.8 Å². The van der Waals surface area contributed by atoms with Gasteiger partial charge in [0.25, 0.3) is 5.91 Å². The van der Waals surface area contributed by atoms with Crippen LogP contribution in [0, 0.1) is 17.8 Å². The van der Waals surface area contributed by atoms with E-state index >= 15 is 0 Å². The Labute approximate surface area is 345 Å². The fourth-order valence-electron chi connectivity index (χ4n) is 6.79. The molecule has 1 aromatic carbocycles. The van der Waals surface area contributed by atoms with Gasteiger partial charge < -0.3 is 46.1 Å². The first-order valence-electron chi connectivity index (χ1n) is 20.0. The van der Waals surface area contributed by atoms with E-state index in [1.165, 1.54) is 28.0 Å². The van der Waals surface area contributed by atoms with E-state index in [9.17, 15) is 43.5 Å². The first-order chi connectivity index (χ1) is 27.7. The van der Waals surface area contributed by atoms with E-state index in [-0.39, 0.29) is 31.7 Å². The van der Waals surface area contributed by atoms with Crippen molar-refractivity contribution in [3.8, 4) is 5.75 Å². The lowest BCUT2D eigenvalue weighted by Crippen LogP contribution is -2.67. The number of carbonyl (C=O) groups excluding carboxylic acids is 8. The number of ether oxygens (including phenoxy) is 2. The van der Waals surface area contributed by atoms with Crippen LogP contribution in [0.2, 0.25) is 0 Å². The van der Waals surface area contributed by atoms with Crippen molar-refractivity contribution in [1.29, 1.82) is 0 Å². The van der Waals surface area contributed by atoms with Gasteiger partial charge in [-0.15, -0.1) is 0 Å². The van der Waals surface area contributed by atoms with Crippen LogP contribution < -0.4 is 36.7 Å². The SMILES string of the molecule is COc1ccc(C[C@@H]2NC(=O)[C@@H](NC(=O)[C@@H](NC=O)C(C)C)[C@H](C)OC(=O)[C@H](C)N(C)C(=O)[C@H](CC(C)C)NC(=O)[C@@H]3C[C@H](O)CNN3C(=O)[C@@H](C(C)C)NC2=O)cc1. The zero-order chi connectivity index (χ0) is 44.3. The van der Waals surface area contributed by atoms with E-state index in [4.69, 9.17) is 9.47 Å². The molecule has 0 saturated carbocycles. The van der Waals surface area contributed by atoms with Crippen LogP contribution in [0.5, 0.6) is 5.75 Å². The summed E-state index contributed by atoms with van der Waals surface area (Å²) in [6.45, 7) is 13.0. The van der Waals surface area contributed by atoms with Crippen molar-refractivity contribution < 1.29 is 52.9 Å². The highest BCUT2D eigenvalue weighted by Crippen LogP contribution is 2.20. The lowest BCUT2D eigenvalue weighted by atomic mass is 9.97. The highest BCUT2D eigenvalue weighted by molar-refractivity contribution is 5.98. The summed E-state index contributed by atoms with van der Waals surface area (Å²) in [6.07, 6.45) is -2.26. The first kappa shape index (κ1) is 48.1. The Hall–Kier alpha value is -5.30. The molecule has 9 atom stereocenters. The number of hydrogen-bond acceptors (Lipinski definition) is 12. The second-order valence-electron chi connectivity index (χ2n) is 16.3. The van der Waals surface area contributed by atoms with Crippen molar-refractivity contribution in [3.63, 3.8) is 0 Å². The molecule has 19 heteroatoms. The molecule has 1 aromatic rings. The Balaban J connectivity index is 2.20. The number of amides is 7. The molecule has 59 heavy (non-hydrogen) atoms. The molecule has 19 nitrogen and oxygen atoms in total. The molecule has 0 radical (unpaired) electrons. The summed E-state index contributed by atoms with van der Waals surface area (Å²) in [7, 11) is 2.84. The van der Waals surface area contributed by atoms with Crippen molar-refractivity contribution in [3.05, 3.63) is 29.8 Å². The van der Waals surface area contributed by atoms with Crippen molar-refractivity contribution in [1.82, 2.24) is 41.9 Å². The van der Waals surface area contributed by atoms with E-state index in [1.807, 2.05) is 13.8 Å². The minimum Gasteiger partial charge on any atom is -0.497 e. The molecule has 0 unspecified atom stereocenters. The Morgan fingerprint density at radius 2 is 1.56 bits per heavy atom. The topological polar surface area (TPSA) is 254 Å². The summed E-state index contributed by atoms with van der Waals surface area (Å²) in [6, 6.07) is -2.47. The summed E-state index contributed by atoms with van der Waals surface area (Å²) >= 11 is 0. The number of cyclic esters (lactones) is 1. The fraction of sp³-hybridized carbons (Fsp3) is 0.650. The van der Waals surface area contributed by atoms with Crippen LogP contribution in [-0.4, -0.2) is 138 Å². The van der Waals surface area contributed by atoms with Crippen LogP contribution in [0.1, 0.15) is 73.8 Å². The van der Waals surface area contributed by atoms with Gasteiger partial charge in [-0.1, -0.05) is 53.7 Å². The quantitative estimate of drug-likeness (QED) is 0.104. The summed E-state index contributed by atoms with van der Waals surface area (Å²) in [5, 5.41) is 24.8. The number of aliphatic hydroxyl groups excluding tert-OH is 1. The molecule has 2 aliphatic rings. The first-order valence-corrected chi connectivity index (χ1v) is 20.0. The normalized spacial score (nSPS) is 27.4. The largest absolute Gasteiger partial charge is 0.497 e. The number of carbonyl (C=O) groups is 8. The van der Waals surface area contributed by atoms with Crippen molar-refractivity contribution >= 4 is 47.8 Å². The van der Waals surface area contributed by atoms with Gasteiger partial charge in [-0.05, 0) is 55.7 Å². The fourth-order valence-corrected chi connectivity index (χ4v) is 6.79. The average Bonchev–Trinajstić information content (AvgIpc) is 3.18. The highest BCUT2D eigenvalue weighted by atomic mass is 16.5. The Morgan fingerprint density at radius 1 is 0.932 bits per heavy atom. The molecule has 2 fully saturated rings. The van der Waals surface area contributed by atoms with Gasteiger partial charge in [0.15, 0.2) is 0 Å². The molecular formula is C40H62N8O11. The second-order valence-corrected chi connectivity index (χ2v) is 16.3. The van der Waals surface area contributed by atoms with Gasteiger partial charge in [0, 0.05) is 26.4 Å². The number of methoxy groups -OCH3 is 1. The number of nitrogens with zero attached hydrogens (tertiary/aromatic N) is 2. The van der Waals surface area contributed by atoms with Crippen LogP contribution in [-0.2, 0) is 49.5 Å². The maximum Gasteiger partial charge on any atom is 0.328 e. The number of likely N-dealkylation sites (N-methyl/N-ethyl adjacent to an activating group) is 1. The maximum atomic E-state index is 14.4. The molecule has 7 N–H and O–H groups in total. The predicted octanol–water partition coefficient (Wildman–Crippen LogP) is -1.09. The number of hydrazine groups is 1. The van der Waals surface area contributed by atoms with Crippen molar-refractivity contribution in [2.75, 3.05) is 20.7 Å². The minimum absolute atomic E-state index is 0.0908. The van der Waals surface area contributed by atoms with Crippen LogP contribution in [0.4, 0.5) is 0 Å². The predicted molar refractivity (Wildman–Crippen MR) is 214 cm³/mol. The van der Waals surface area contributed by atoms with Gasteiger partial charge >= 0.3 is 5.97 Å². The van der Waals surface area contributed by atoms with Gasteiger partial charge in [-0.2, -0.15) is 0 Å². The van der Waals surface area contributed by atoms with Crippen LogP contribution in [0.25, 0.3) is 0 Å². The average molecular weight is 831 g/mol. The zero-order valence-electron chi connectivity index (χ0n) is 35.6. The van der Waals surface area contributed by atoms with Crippen LogP contribution in [0.15, 0.2) is 24.3 Å². The van der Waals surface area contributed by atoms with Gasteiger partial charge in [0.1, 0.15) is 54.1 Å². The zero-order valence-corrected chi connectivity index (χ0v) is 35.6. The summed E-state index contributed by atoms with van der Waals surface area (Å²) in [4.78, 5) is 111. The molecule has 0 aliphatic carbocycles. The second kappa shape index (κ2) is 21.6. The maximum absolute atomic E-state index is 14.4. The third-order valence-corrected chi connectivity index (χ3v) is 10.4. The Morgan fingerprint density at radius 3 is 2.12 bits per heavy atom. The summed E-state index contributed by atoms with van der Waals surface area (Å²) in [5.41, 5.74) is 3.38. The lowest BCUT2D eigenvalue weighted by molar-refractivity contribution is -0.161. The molecule has 0 bridgehead atoms. The van der Waals surface area contributed by atoms with E-state index in [2.05, 4.69) is 32.0 Å². The summed E-state index contributed by atoms with van der Waals surface area (Å²) in [5.74, 6) is -6.18. The molecule has 2 heterocycles. The number of rotatable bonds is 11. The number of aliphatic hydroxyl groups is 1. The molecule has 2 aliphatic heterocycles. The molecular weight excluding hydrogens is 768 g/mol. The number of β-amino-alcohol motifs (C(OH)–C–C–N with tert-alkyl or cyclic N) is 1. The monoisotopic (exact) mass is 830 g/mol. The molecule has 2 saturated heterocycles. The van der Waals surface area contributed by atoms with E-state index < -0.39 is 108 Å². The Bertz CT molecular complexity index is 1670. The molecule has 0 aromatic heterocycles. The Kier molecular flexibility index (Phi) is 17.6. The standard InChI is InChI=1S/C40H62N8O11/c1-20(2)15-29-38(55)47(9)23(7)40(57)59-24(8)33(46-36(53)31(21(3)4)41-19-49)37(54)43-28(16-25-11-13-27(58-10)14-12-25)34(51)45-32(22(5)6)39(56)48-30(35(52)44-29)17-26(50)18-42-48/h11-14,19-24,26,28-33,42,50H,15-18H2,1-10H3,(H,41,49)(H,43,54)(H,44,52)(H,45,51)(H,46,53)/t23-,24-,26-,28-,29-,30-,31-,32+,33-/m0/s1. The van der Waals surface area contributed by atoms with Gasteiger partial charge in [0.05, 0.1) is 13.2 Å². The van der Waals surface area contributed by atoms with Crippen LogP contribution in [0.3, 0.4) is 0 Å². The van der Waals surface area contributed by atoms with E-state index in [0.29, 0.717) is 17.7 Å². The molecule has 328 valence electrons. The van der Waals surface area contributed by atoms with E-state index in [1.54, 1.807) is 52.0 Å². The summed E-state index contributed by atoms with van der Waals surface area (Å²) < 4.78 is 11.0. The number of benzene rings is 1. The number of fused-ring (bicyclic) bond motifs is 1.